The Labute approximate surface area is 106 Å². The minimum absolute atomic E-state index is 0.284. The number of rotatable bonds is 1. The fourth-order valence-electron chi connectivity index (χ4n) is 2.54. The highest BCUT2D eigenvalue weighted by molar-refractivity contribution is 5.63. The maximum atomic E-state index is 4.25. The molecule has 0 amide bonds. The van der Waals surface area contributed by atoms with Crippen LogP contribution in [0.3, 0.4) is 0 Å². The van der Waals surface area contributed by atoms with Crippen LogP contribution in [0.15, 0.2) is 24.3 Å². The topological polar surface area (TPSA) is 12.5 Å². The van der Waals surface area contributed by atoms with Gasteiger partial charge in [-0.15, -0.1) is 0 Å². The molecule has 17 heavy (non-hydrogen) atoms. The minimum Gasteiger partial charge on any atom is -0.388 e. The lowest BCUT2D eigenvalue weighted by Gasteiger charge is -2.30. The van der Waals surface area contributed by atoms with Crippen LogP contribution in [0.25, 0.3) is 0 Å². The molecule has 0 fully saturated rings. The van der Waals surface area contributed by atoms with Crippen LogP contribution in [-0.2, 0) is 10.2 Å². The molecule has 1 aliphatic heterocycles. The summed E-state index contributed by atoms with van der Waals surface area (Å²) in [6, 6.07) is 9.39. The van der Waals surface area contributed by atoms with Crippen molar-refractivity contribution >= 4 is 5.69 Å². The largest absolute Gasteiger partial charge is 0.388 e. The SMILES string of the molecule is CCN1c2ccccc2C(C)(C)C1C.COC. The summed E-state index contributed by atoms with van der Waals surface area (Å²) < 4.78 is 4.25. The minimum atomic E-state index is 0.284. The molecule has 0 saturated carbocycles. The third-order valence-corrected chi connectivity index (χ3v) is 3.76. The van der Waals surface area contributed by atoms with Crippen molar-refractivity contribution < 1.29 is 4.74 Å². The maximum absolute atomic E-state index is 4.25. The molecule has 1 aromatic rings. The molecule has 1 unspecified atom stereocenters. The van der Waals surface area contributed by atoms with Crippen molar-refractivity contribution in [2.45, 2.75) is 39.2 Å². The summed E-state index contributed by atoms with van der Waals surface area (Å²) in [7, 11) is 3.25. The van der Waals surface area contributed by atoms with Crippen LogP contribution >= 0.6 is 0 Å². The highest BCUT2D eigenvalue weighted by Crippen LogP contribution is 2.44. The molecule has 2 nitrogen and oxygen atoms in total. The summed E-state index contributed by atoms with van der Waals surface area (Å²) in [5.41, 5.74) is 3.20. The van der Waals surface area contributed by atoms with E-state index in [1.807, 2.05) is 0 Å². The second-order valence-corrected chi connectivity index (χ2v) is 5.11. The smallest absolute Gasteiger partial charge is 0.0407 e. The molecule has 0 saturated heterocycles. The quantitative estimate of drug-likeness (QED) is 0.739. The van der Waals surface area contributed by atoms with Gasteiger partial charge in [-0.1, -0.05) is 32.0 Å². The van der Waals surface area contributed by atoms with E-state index >= 15 is 0 Å². The van der Waals surface area contributed by atoms with Gasteiger partial charge in [0.1, 0.15) is 0 Å². The normalized spacial score (nSPS) is 20.6. The van der Waals surface area contributed by atoms with Crippen molar-refractivity contribution in [2.24, 2.45) is 0 Å². The molecule has 1 aliphatic rings. The Morgan fingerprint density at radius 2 is 1.76 bits per heavy atom. The van der Waals surface area contributed by atoms with Crippen LogP contribution in [0, 0.1) is 0 Å². The van der Waals surface area contributed by atoms with E-state index in [2.05, 4.69) is 61.6 Å². The van der Waals surface area contributed by atoms with Crippen LogP contribution in [0.2, 0.25) is 0 Å². The Morgan fingerprint density at radius 3 is 2.29 bits per heavy atom. The monoisotopic (exact) mass is 235 g/mol. The van der Waals surface area contributed by atoms with E-state index in [1.165, 1.54) is 11.3 Å². The summed E-state index contributed by atoms with van der Waals surface area (Å²) in [5, 5.41) is 0. The van der Waals surface area contributed by atoms with Crippen LogP contribution in [0.4, 0.5) is 5.69 Å². The number of likely N-dealkylation sites (N-methyl/N-ethyl adjacent to an activating group) is 1. The fourth-order valence-corrected chi connectivity index (χ4v) is 2.54. The van der Waals surface area contributed by atoms with Crippen LogP contribution < -0.4 is 4.90 Å². The molecular formula is C15H25NO. The molecule has 0 aromatic heterocycles. The lowest BCUT2D eigenvalue weighted by atomic mass is 9.81. The third-order valence-electron chi connectivity index (χ3n) is 3.76. The first-order valence-corrected chi connectivity index (χ1v) is 6.27. The summed E-state index contributed by atoms with van der Waals surface area (Å²) in [6.07, 6.45) is 0. The zero-order valence-electron chi connectivity index (χ0n) is 11.9. The van der Waals surface area contributed by atoms with Gasteiger partial charge in [-0.2, -0.15) is 0 Å². The number of para-hydroxylation sites is 1. The molecule has 1 atom stereocenters. The molecule has 0 bridgehead atoms. The Balaban J connectivity index is 0.000000437. The third kappa shape index (κ3) is 2.47. The zero-order chi connectivity index (χ0) is 13.1. The van der Waals surface area contributed by atoms with Gasteiger partial charge in [0.15, 0.2) is 0 Å². The van der Waals surface area contributed by atoms with E-state index in [9.17, 15) is 0 Å². The predicted octanol–water partition coefficient (Wildman–Crippen LogP) is 3.46. The van der Waals surface area contributed by atoms with Gasteiger partial charge in [0, 0.05) is 37.9 Å². The fraction of sp³-hybridized carbons (Fsp3) is 0.600. The van der Waals surface area contributed by atoms with E-state index in [0.29, 0.717) is 6.04 Å². The Kier molecular flexibility index (Phi) is 4.58. The van der Waals surface area contributed by atoms with Crippen molar-refractivity contribution in [3.8, 4) is 0 Å². The Morgan fingerprint density at radius 1 is 1.24 bits per heavy atom. The number of fused-ring (bicyclic) bond motifs is 1. The van der Waals surface area contributed by atoms with Crippen molar-refractivity contribution in [1.29, 1.82) is 0 Å². The average Bonchev–Trinajstić information content (AvgIpc) is 2.49. The van der Waals surface area contributed by atoms with E-state index in [4.69, 9.17) is 0 Å². The lowest BCUT2D eigenvalue weighted by Crippen LogP contribution is -2.38. The summed E-state index contributed by atoms with van der Waals surface area (Å²) >= 11 is 0. The van der Waals surface area contributed by atoms with E-state index in [1.54, 1.807) is 14.2 Å². The standard InChI is InChI=1S/C13H19N.C2H6O/c1-5-14-10(2)13(3,4)11-8-6-7-9-12(11)14;1-3-2/h6-10H,5H2,1-4H3;1-2H3. The highest BCUT2D eigenvalue weighted by atomic mass is 16.4. The average molecular weight is 235 g/mol. The Bertz CT molecular complexity index is 360. The number of benzene rings is 1. The molecule has 2 rings (SSSR count). The first kappa shape index (κ1) is 14.0. The van der Waals surface area contributed by atoms with Gasteiger partial charge in [-0.3, -0.25) is 0 Å². The molecule has 0 radical (unpaired) electrons. The number of anilines is 1. The van der Waals surface area contributed by atoms with Gasteiger partial charge in [-0.25, -0.2) is 0 Å². The first-order chi connectivity index (χ1) is 8.00. The summed E-state index contributed by atoms with van der Waals surface area (Å²) in [5.74, 6) is 0. The predicted molar refractivity (Wildman–Crippen MR) is 74.9 cm³/mol. The van der Waals surface area contributed by atoms with E-state index in [0.717, 1.165) is 6.54 Å². The molecular weight excluding hydrogens is 210 g/mol. The second-order valence-electron chi connectivity index (χ2n) is 5.11. The number of hydrogen-bond acceptors (Lipinski definition) is 2. The van der Waals surface area contributed by atoms with Crippen molar-refractivity contribution in [1.82, 2.24) is 0 Å². The second kappa shape index (κ2) is 5.54. The van der Waals surface area contributed by atoms with Gasteiger partial charge in [0.25, 0.3) is 0 Å². The maximum Gasteiger partial charge on any atom is 0.0407 e. The summed E-state index contributed by atoms with van der Waals surface area (Å²) in [6.45, 7) is 10.3. The van der Waals surface area contributed by atoms with Crippen molar-refractivity contribution in [3.05, 3.63) is 29.8 Å². The van der Waals surface area contributed by atoms with Crippen molar-refractivity contribution in [2.75, 3.05) is 25.7 Å². The molecule has 0 spiro atoms. The molecule has 1 aromatic carbocycles. The van der Waals surface area contributed by atoms with Gasteiger partial charge in [-0.05, 0) is 25.5 Å². The van der Waals surface area contributed by atoms with E-state index in [-0.39, 0.29) is 5.41 Å². The molecule has 0 aliphatic carbocycles. The van der Waals surface area contributed by atoms with E-state index < -0.39 is 0 Å². The van der Waals surface area contributed by atoms with Gasteiger partial charge in [0.2, 0.25) is 0 Å². The Hall–Kier alpha value is -1.02. The molecule has 1 heterocycles. The van der Waals surface area contributed by atoms with Crippen LogP contribution in [-0.4, -0.2) is 26.8 Å². The number of nitrogens with zero attached hydrogens (tertiary/aromatic N) is 1. The zero-order valence-corrected chi connectivity index (χ0v) is 11.9. The van der Waals surface area contributed by atoms with Gasteiger partial charge >= 0.3 is 0 Å². The van der Waals surface area contributed by atoms with Crippen molar-refractivity contribution in [3.63, 3.8) is 0 Å². The lowest BCUT2D eigenvalue weighted by molar-refractivity contribution is 0.277. The number of hydrogen-bond donors (Lipinski definition) is 0. The van der Waals surface area contributed by atoms with Crippen LogP contribution in [0.1, 0.15) is 33.3 Å². The van der Waals surface area contributed by atoms with Gasteiger partial charge in [0.05, 0.1) is 0 Å². The molecule has 0 N–H and O–H groups in total. The highest BCUT2D eigenvalue weighted by Gasteiger charge is 2.40. The summed E-state index contributed by atoms with van der Waals surface area (Å²) in [4.78, 5) is 2.50. The number of ether oxygens (including phenoxy) is 1. The first-order valence-electron chi connectivity index (χ1n) is 6.27. The van der Waals surface area contributed by atoms with Crippen LogP contribution in [0.5, 0.6) is 0 Å². The number of methoxy groups -OCH3 is 1. The van der Waals surface area contributed by atoms with Gasteiger partial charge < -0.3 is 9.64 Å². The molecule has 96 valence electrons. The molecule has 2 heteroatoms.